The van der Waals surface area contributed by atoms with Gasteiger partial charge in [-0.3, -0.25) is 4.79 Å². The summed E-state index contributed by atoms with van der Waals surface area (Å²) in [4.78, 5) is 12.1. The van der Waals surface area contributed by atoms with Crippen LogP contribution in [0.5, 0.6) is 0 Å². The summed E-state index contributed by atoms with van der Waals surface area (Å²) in [5.74, 6) is 0.00473. The first-order valence-corrected chi connectivity index (χ1v) is 5.43. The summed E-state index contributed by atoms with van der Waals surface area (Å²) in [6.45, 7) is 2.26. The van der Waals surface area contributed by atoms with E-state index in [1.54, 1.807) is 0 Å². The summed E-state index contributed by atoms with van der Waals surface area (Å²) in [6, 6.07) is 7.92. The van der Waals surface area contributed by atoms with E-state index in [1.165, 1.54) is 0 Å². The van der Waals surface area contributed by atoms with Crippen LogP contribution < -0.4 is 5.73 Å². The molecule has 1 aromatic heterocycles. The number of aryl methyl sites for hydroxylation is 1. The van der Waals surface area contributed by atoms with Crippen molar-refractivity contribution >= 4 is 16.7 Å². The highest BCUT2D eigenvalue weighted by Crippen LogP contribution is 2.22. The van der Waals surface area contributed by atoms with E-state index >= 15 is 0 Å². The molecule has 1 aromatic carbocycles. The monoisotopic (exact) mass is 216 g/mol. The van der Waals surface area contributed by atoms with E-state index in [4.69, 9.17) is 5.73 Å². The molecule has 1 atom stereocenters. The van der Waals surface area contributed by atoms with Crippen molar-refractivity contribution in [2.75, 3.05) is 6.54 Å². The molecule has 2 aromatic rings. The lowest BCUT2D eigenvalue weighted by Crippen LogP contribution is -2.20. The Morgan fingerprint density at radius 2 is 2.12 bits per heavy atom. The Morgan fingerprint density at radius 3 is 2.81 bits per heavy atom. The second-order valence-electron chi connectivity index (χ2n) is 4.17. The third kappa shape index (κ3) is 1.63. The summed E-state index contributed by atoms with van der Waals surface area (Å²) in [6.07, 6.45) is 1.89. The van der Waals surface area contributed by atoms with E-state index in [1.807, 2.05) is 49.0 Å². The first-order valence-electron chi connectivity index (χ1n) is 5.43. The van der Waals surface area contributed by atoms with Gasteiger partial charge in [0.25, 0.3) is 0 Å². The van der Waals surface area contributed by atoms with Crippen LogP contribution in [-0.2, 0) is 7.05 Å². The van der Waals surface area contributed by atoms with E-state index in [0.717, 1.165) is 16.5 Å². The van der Waals surface area contributed by atoms with Gasteiger partial charge in [0.05, 0.1) is 0 Å². The molecule has 1 heterocycles. The number of fused-ring (bicyclic) bond motifs is 1. The molecule has 2 N–H and O–H groups in total. The fraction of sp³-hybridized carbons (Fsp3) is 0.308. The Labute approximate surface area is 94.9 Å². The number of ketones is 1. The highest BCUT2D eigenvalue weighted by Gasteiger charge is 2.18. The maximum Gasteiger partial charge on any atom is 0.169 e. The maximum absolute atomic E-state index is 12.1. The standard InChI is InChI=1S/C13H16N2O/c1-9(7-14)13(16)11-8-15(2)12-6-4-3-5-10(11)12/h3-6,8-9H,7,14H2,1-2H3. The quantitative estimate of drug-likeness (QED) is 0.797. The number of aromatic nitrogens is 1. The summed E-state index contributed by atoms with van der Waals surface area (Å²) in [5, 5.41) is 1.01. The van der Waals surface area contributed by atoms with Crippen molar-refractivity contribution in [3.8, 4) is 0 Å². The van der Waals surface area contributed by atoms with Gasteiger partial charge >= 0.3 is 0 Å². The summed E-state index contributed by atoms with van der Waals surface area (Å²) in [7, 11) is 1.95. The molecule has 0 amide bonds. The minimum absolute atomic E-state index is 0.120. The lowest BCUT2D eigenvalue weighted by Gasteiger charge is -2.05. The first kappa shape index (κ1) is 10.9. The molecule has 3 nitrogen and oxygen atoms in total. The van der Waals surface area contributed by atoms with Crippen LogP contribution in [0.1, 0.15) is 17.3 Å². The Hall–Kier alpha value is -1.61. The number of nitrogens with zero attached hydrogens (tertiary/aromatic N) is 1. The van der Waals surface area contributed by atoms with Crippen molar-refractivity contribution < 1.29 is 4.79 Å². The smallest absolute Gasteiger partial charge is 0.169 e. The van der Waals surface area contributed by atoms with Gasteiger partial charge in [-0.1, -0.05) is 25.1 Å². The second-order valence-corrected chi connectivity index (χ2v) is 4.17. The van der Waals surface area contributed by atoms with Gasteiger partial charge < -0.3 is 10.3 Å². The van der Waals surface area contributed by atoms with Gasteiger partial charge in [0, 0.05) is 42.2 Å². The van der Waals surface area contributed by atoms with Crippen molar-refractivity contribution in [3.63, 3.8) is 0 Å². The number of hydrogen-bond acceptors (Lipinski definition) is 2. The summed E-state index contributed by atoms with van der Waals surface area (Å²) < 4.78 is 1.98. The van der Waals surface area contributed by atoms with Crippen LogP contribution in [0.2, 0.25) is 0 Å². The molecule has 84 valence electrons. The molecule has 0 aliphatic carbocycles. The number of carbonyl (C=O) groups excluding carboxylic acids is 1. The average molecular weight is 216 g/mol. The average Bonchev–Trinajstić information content (AvgIpc) is 2.65. The molecular weight excluding hydrogens is 200 g/mol. The Morgan fingerprint density at radius 1 is 1.44 bits per heavy atom. The topological polar surface area (TPSA) is 48.0 Å². The zero-order chi connectivity index (χ0) is 11.7. The van der Waals surface area contributed by atoms with Crippen LogP contribution in [0, 0.1) is 5.92 Å². The molecular formula is C13H16N2O. The van der Waals surface area contributed by atoms with Crippen LogP contribution >= 0.6 is 0 Å². The van der Waals surface area contributed by atoms with Crippen LogP contribution in [0.3, 0.4) is 0 Å². The van der Waals surface area contributed by atoms with Gasteiger partial charge in [0.1, 0.15) is 0 Å². The fourth-order valence-electron chi connectivity index (χ4n) is 1.91. The van der Waals surface area contributed by atoms with Gasteiger partial charge in [-0.15, -0.1) is 0 Å². The SMILES string of the molecule is CC(CN)C(=O)c1cn(C)c2ccccc12. The summed E-state index contributed by atoms with van der Waals surface area (Å²) >= 11 is 0. The van der Waals surface area contributed by atoms with Gasteiger partial charge in [-0.05, 0) is 6.07 Å². The normalized spacial score (nSPS) is 12.9. The van der Waals surface area contributed by atoms with Gasteiger partial charge in [0.15, 0.2) is 5.78 Å². The van der Waals surface area contributed by atoms with Gasteiger partial charge in [-0.2, -0.15) is 0 Å². The Bertz CT molecular complexity index is 528. The predicted octanol–water partition coefficient (Wildman–Crippen LogP) is 1.96. The highest BCUT2D eigenvalue weighted by atomic mass is 16.1. The van der Waals surface area contributed by atoms with Gasteiger partial charge in [0.2, 0.25) is 0 Å². The lowest BCUT2D eigenvalue weighted by molar-refractivity contribution is 0.0936. The molecule has 0 aliphatic heterocycles. The fourth-order valence-corrected chi connectivity index (χ4v) is 1.91. The third-order valence-corrected chi connectivity index (χ3v) is 2.96. The molecule has 3 heteroatoms. The molecule has 0 spiro atoms. The van der Waals surface area contributed by atoms with E-state index in [0.29, 0.717) is 6.54 Å². The van der Waals surface area contributed by atoms with E-state index in [-0.39, 0.29) is 11.7 Å². The number of rotatable bonds is 3. The van der Waals surface area contributed by atoms with Crippen LogP contribution in [0.15, 0.2) is 30.5 Å². The summed E-state index contributed by atoms with van der Waals surface area (Å²) in [5.41, 5.74) is 7.39. The number of carbonyl (C=O) groups is 1. The van der Waals surface area contributed by atoms with Crippen LogP contribution in [0.25, 0.3) is 10.9 Å². The van der Waals surface area contributed by atoms with Crippen molar-refractivity contribution in [1.29, 1.82) is 0 Å². The molecule has 2 rings (SSSR count). The third-order valence-electron chi connectivity index (χ3n) is 2.96. The molecule has 1 unspecified atom stereocenters. The Kier molecular flexibility index (Phi) is 2.79. The van der Waals surface area contributed by atoms with Crippen LogP contribution in [0.4, 0.5) is 0 Å². The zero-order valence-electron chi connectivity index (χ0n) is 9.60. The number of benzene rings is 1. The second kappa shape index (κ2) is 4.10. The lowest BCUT2D eigenvalue weighted by atomic mass is 9.99. The molecule has 0 saturated carbocycles. The highest BCUT2D eigenvalue weighted by molar-refractivity contribution is 6.09. The van der Waals surface area contributed by atoms with Crippen molar-refractivity contribution in [1.82, 2.24) is 4.57 Å². The van der Waals surface area contributed by atoms with E-state index < -0.39 is 0 Å². The van der Waals surface area contributed by atoms with E-state index in [2.05, 4.69) is 0 Å². The number of para-hydroxylation sites is 1. The Balaban J connectivity index is 2.57. The molecule has 16 heavy (non-hydrogen) atoms. The van der Waals surface area contributed by atoms with Crippen molar-refractivity contribution in [2.45, 2.75) is 6.92 Å². The molecule has 0 fully saturated rings. The van der Waals surface area contributed by atoms with Crippen LogP contribution in [-0.4, -0.2) is 16.9 Å². The number of hydrogen-bond donors (Lipinski definition) is 1. The molecule has 0 radical (unpaired) electrons. The molecule has 0 aliphatic rings. The predicted molar refractivity (Wildman–Crippen MR) is 65.5 cm³/mol. The minimum Gasteiger partial charge on any atom is -0.350 e. The zero-order valence-corrected chi connectivity index (χ0v) is 9.60. The number of Topliss-reactive ketones (excluding diaryl/α,β-unsaturated/α-hetero) is 1. The maximum atomic E-state index is 12.1. The minimum atomic E-state index is -0.120. The van der Waals surface area contributed by atoms with Crippen molar-refractivity contribution in [2.24, 2.45) is 18.7 Å². The van der Waals surface area contributed by atoms with Crippen molar-refractivity contribution in [3.05, 3.63) is 36.0 Å². The molecule has 0 saturated heterocycles. The number of nitrogens with two attached hydrogens (primary N) is 1. The first-order chi connectivity index (χ1) is 7.65. The van der Waals surface area contributed by atoms with Gasteiger partial charge in [-0.25, -0.2) is 0 Å². The largest absolute Gasteiger partial charge is 0.350 e. The van der Waals surface area contributed by atoms with E-state index in [9.17, 15) is 4.79 Å². The molecule has 0 bridgehead atoms.